The molecule has 0 aromatic heterocycles. The second-order valence-electron chi connectivity index (χ2n) is 11.6. The number of β-amino-alcohol motifs (C(OH)–C–C–N with tert-alkyl or cyclic N) is 1. The summed E-state index contributed by atoms with van der Waals surface area (Å²) in [4.78, 5) is 12.9. The van der Waals surface area contributed by atoms with Gasteiger partial charge in [0.2, 0.25) is 15.9 Å². The van der Waals surface area contributed by atoms with E-state index in [1.54, 1.807) is 18.2 Å². The first-order valence-electron chi connectivity index (χ1n) is 14.2. The predicted molar refractivity (Wildman–Crippen MR) is 173 cm³/mol. The third-order valence-corrected chi connectivity index (χ3v) is 7.76. The molecule has 0 bridgehead atoms. The van der Waals surface area contributed by atoms with Gasteiger partial charge < -0.3 is 26.0 Å². The molecule has 0 saturated heterocycles. The van der Waals surface area contributed by atoms with Gasteiger partial charge in [-0.1, -0.05) is 72.8 Å². The number of hydrogen-bond acceptors (Lipinski definition) is 7. The van der Waals surface area contributed by atoms with Gasteiger partial charge in [-0.3, -0.25) is 9.52 Å². The lowest BCUT2D eigenvalue weighted by atomic mass is 9.93. The number of carbonyl (C=O) groups is 1. The number of rotatable bonds is 13. The number of aromatic hydroxyl groups is 2. The quantitative estimate of drug-likeness (QED) is 0.120. The van der Waals surface area contributed by atoms with Crippen molar-refractivity contribution in [3.05, 3.63) is 113 Å². The van der Waals surface area contributed by atoms with Crippen LogP contribution in [-0.4, -0.2) is 48.0 Å². The molecule has 0 saturated carbocycles. The number of carbonyl (C=O) groups excluding carboxylic acids is 1. The smallest absolute Gasteiger partial charge is 0.229 e. The first kappa shape index (κ1) is 32.5. The van der Waals surface area contributed by atoms with E-state index in [-0.39, 0.29) is 36.1 Å². The Kier molecular flexibility index (Phi) is 10.3. The summed E-state index contributed by atoms with van der Waals surface area (Å²) in [5.74, 6) is -0.162. The molecule has 0 aliphatic carbocycles. The number of aliphatic hydroxyl groups excluding tert-OH is 1. The number of phenols is 2. The molecule has 0 unspecified atom stereocenters. The van der Waals surface area contributed by atoms with Gasteiger partial charge in [0.05, 0.1) is 24.5 Å². The average Bonchev–Trinajstić information content (AvgIpc) is 2.96. The molecule has 0 aliphatic rings. The topological polar surface area (TPSA) is 148 Å². The van der Waals surface area contributed by atoms with Crippen molar-refractivity contribution in [3.8, 4) is 22.6 Å². The third-order valence-electron chi connectivity index (χ3n) is 7.16. The Balaban J connectivity index is 1.33. The zero-order chi connectivity index (χ0) is 31.9. The van der Waals surface area contributed by atoms with Crippen LogP contribution in [0.2, 0.25) is 0 Å². The van der Waals surface area contributed by atoms with Crippen molar-refractivity contribution in [2.24, 2.45) is 0 Å². The highest BCUT2D eigenvalue weighted by molar-refractivity contribution is 7.92. The summed E-state index contributed by atoms with van der Waals surface area (Å²) in [5, 5.41) is 37.4. The van der Waals surface area contributed by atoms with Crippen molar-refractivity contribution in [1.29, 1.82) is 0 Å². The zero-order valence-electron chi connectivity index (χ0n) is 25.0. The molecule has 232 valence electrons. The minimum Gasteiger partial charge on any atom is -0.507 e. The molecule has 4 rings (SSSR count). The Morgan fingerprint density at radius 2 is 1.52 bits per heavy atom. The van der Waals surface area contributed by atoms with Crippen molar-refractivity contribution in [3.63, 3.8) is 0 Å². The summed E-state index contributed by atoms with van der Waals surface area (Å²) in [6, 6.07) is 26.9. The van der Waals surface area contributed by atoms with Gasteiger partial charge in [-0.15, -0.1) is 0 Å². The molecular formula is C34H39N3O6S. The van der Waals surface area contributed by atoms with Crippen molar-refractivity contribution in [2.75, 3.05) is 17.5 Å². The Morgan fingerprint density at radius 3 is 2.25 bits per heavy atom. The third kappa shape index (κ3) is 9.31. The van der Waals surface area contributed by atoms with Gasteiger partial charge in [-0.2, -0.15) is 0 Å². The van der Waals surface area contributed by atoms with Gasteiger partial charge >= 0.3 is 0 Å². The van der Waals surface area contributed by atoms with E-state index in [1.165, 1.54) is 12.1 Å². The molecule has 1 amide bonds. The number of benzene rings is 4. The highest BCUT2D eigenvalue weighted by atomic mass is 32.2. The molecule has 0 radical (unpaired) electrons. The number of nitrogens with one attached hydrogen (secondary N) is 3. The van der Waals surface area contributed by atoms with Crippen molar-refractivity contribution in [1.82, 2.24) is 10.6 Å². The van der Waals surface area contributed by atoms with E-state index in [4.69, 9.17) is 0 Å². The van der Waals surface area contributed by atoms with E-state index in [0.29, 0.717) is 24.1 Å². The van der Waals surface area contributed by atoms with Crippen LogP contribution in [-0.2, 0) is 34.2 Å². The van der Waals surface area contributed by atoms with Crippen molar-refractivity contribution < 1.29 is 28.5 Å². The lowest BCUT2D eigenvalue weighted by Gasteiger charge is -2.28. The largest absolute Gasteiger partial charge is 0.507 e. The van der Waals surface area contributed by atoms with E-state index in [1.807, 2.05) is 74.5 Å². The maximum Gasteiger partial charge on any atom is 0.229 e. The molecule has 10 heteroatoms. The summed E-state index contributed by atoms with van der Waals surface area (Å²) in [6.45, 7) is 4.54. The van der Waals surface area contributed by atoms with Crippen LogP contribution in [0.3, 0.4) is 0 Å². The summed E-state index contributed by atoms with van der Waals surface area (Å²) in [7, 11) is -3.59. The molecule has 6 N–H and O–H groups in total. The number of anilines is 1. The van der Waals surface area contributed by atoms with Gasteiger partial charge in [0.1, 0.15) is 11.5 Å². The fourth-order valence-electron chi connectivity index (χ4n) is 5.04. The lowest BCUT2D eigenvalue weighted by Crippen LogP contribution is -2.43. The first-order valence-corrected chi connectivity index (χ1v) is 16.1. The van der Waals surface area contributed by atoms with E-state index < -0.39 is 21.7 Å². The van der Waals surface area contributed by atoms with E-state index in [2.05, 4.69) is 15.4 Å². The maximum atomic E-state index is 12.9. The predicted octanol–water partition coefficient (Wildman–Crippen LogP) is 4.64. The summed E-state index contributed by atoms with van der Waals surface area (Å²) in [5.41, 5.74) is 4.42. The highest BCUT2D eigenvalue weighted by Crippen LogP contribution is 2.31. The Morgan fingerprint density at radius 1 is 0.841 bits per heavy atom. The first-order chi connectivity index (χ1) is 20.8. The van der Waals surface area contributed by atoms with E-state index >= 15 is 0 Å². The van der Waals surface area contributed by atoms with Crippen LogP contribution in [0.25, 0.3) is 11.1 Å². The Labute approximate surface area is 258 Å². The molecule has 1 atom stereocenters. The number of sulfonamides is 1. The average molecular weight is 618 g/mol. The second kappa shape index (κ2) is 13.9. The minimum absolute atomic E-state index is 0.00358. The fourth-order valence-corrected chi connectivity index (χ4v) is 5.60. The fraction of sp³-hybridized carbons (Fsp3) is 0.265. The molecule has 0 aliphatic heterocycles. The lowest BCUT2D eigenvalue weighted by molar-refractivity contribution is -0.120. The van der Waals surface area contributed by atoms with Crippen LogP contribution in [0.1, 0.15) is 42.2 Å². The van der Waals surface area contributed by atoms with Gasteiger partial charge in [-0.25, -0.2) is 8.42 Å². The number of phenolic OH excluding ortho intramolecular Hbond substituents is 2. The van der Waals surface area contributed by atoms with Gasteiger partial charge in [0.25, 0.3) is 0 Å². The molecule has 9 nitrogen and oxygen atoms in total. The highest BCUT2D eigenvalue weighted by Gasteiger charge is 2.21. The van der Waals surface area contributed by atoms with Crippen LogP contribution < -0.4 is 15.4 Å². The number of hydrogen-bond donors (Lipinski definition) is 6. The van der Waals surface area contributed by atoms with Crippen LogP contribution in [0.15, 0.2) is 91.0 Å². The summed E-state index contributed by atoms with van der Waals surface area (Å²) >= 11 is 0. The molecule has 44 heavy (non-hydrogen) atoms. The standard InChI is InChI=1S/C34H39N3O6S/c1-34(2,36-22-32(40)25-15-16-31(39)29(19-25)37-44(3,42)43)20-24-10-8-9-23(17-24)18-33(41)35-21-26-11-4-5-12-27(26)28-13-6-7-14-30(28)38/h4-17,19,32,36-40H,18,20-22H2,1-3H3,(H,35,41)/t32-/m0/s1. The van der Waals surface area contributed by atoms with Crippen LogP contribution in [0, 0.1) is 0 Å². The second-order valence-corrected chi connectivity index (χ2v) is 13.3. The zero-order valence-corrected chi connectivity index (χ0v) is 25.9. The molecular weight excluding hydrogens is 578 g/mol. The van der Waals surface area contributed by atoms with Crippen LogP contribution in [0.4, 0.5) is 5.69 Å². The van der Waals surface area contributed by atoms with Gasteiger partial charge in [0, 0.05) is 24.2 Å². The number of para-hydroxylation sites is 1. The monoisotopic (exact) mass is 617 g/mol. The SMILES string of the molecule is CC(C)(Cc1cccc(CC(=O)NCc2ccccc2-c2ccccc2O)c1)NC[C@H](O)c1ccc(O)c(NS(C)(=O)=O)c1. The molecule has 0 heterocycles. The molecule has 4 aromatic rings. The Hall–Kier alpha value is -4.38. The van der Waals surface area contributed by atoms with Crippen LogP contribution >= 0.6 is 0 Å². The van der Waals surface area contributed by atoms with Crippen molar-refractivity contribution >= 4 is 21.6 Å². The summed E-state index contributed by atoms with van der Waals surface area (Å²) < 4.78 is 25.4. The molecule has 0 fully saturated rings. The van der Waals surface area contributed by atoms with E-state index in [0.717, 1.165) is 28.5 Å². The Bertz CT molecular complexity index is 1720. The summed E-state index contributed by atoms with van der Waals surface area (Å²) in [6.07, 6.45) is 0.880. The van der Waals surface area contributed by atoms with Gasteiger partial charge in [-0.05, 0) is 66.3 Å². The number of amides is 1. The number of aliphatic hydroxyl groups is 1. The maximum absolute atomic E-state index is 12.9. The normalized spacial score (nSPS) is 12.5. The molecule has 0 spiro atoms. The van der Waals surface area contributed by atoms with Crippen molar-refractivity contribution in [2.45, 2.75) is 44.9 Å². The van der Waals surface area contributed by atoms with Crippen LogP contribution in [0.5, 0.6) is 11.5 Å². The molecule has 4 aromatic carbocycles. The van der Waals surface area contributed by atoms with Gasteiger partial charge in [0.15, 0.2) is 0 Å². The van der Waals surface area contributed by atoms with E-state index in [9.17, 15) is 28.5 Å². The minimum atomic E-state index is -3.59.